The molecule has 0 spiro atoms. The van der Waals surface area contributed by atoms with Gasteiger partial charge in [-0.2, -0.15) is 11.8 Å². The first kappa shape index (κ1) is 10.4. The Balaban J connectivity index is 2.11. The molecule has 0 aromatic carbocycles. The zero-order valence-electron chi connectivity index (χ0n) is 8.01. The van der Waals surface area contributed by atoms with E-state index < -0.39 is 0 Å². The molecular formula is C9H19NOS. The fraction of sp³-hybridized carbons (Fsp3) is 1.00. The zero-order valence-corrected chi connectivity index (χ0v) is 8.82. The van der Waals surface area contributed by atoms with Crippen LogP contribution in [-0.2, 0) is 4.74 Å². The van der Waals surface area contributed by atoms with E-state index in [-0.39, 0.29) is 0 Å². The summed E-state index contributed by atoms with van der Waals surface area (Å²) < 4.78 is 5.75. The van der Waals surface area contributed by atoms with E-state index in [1.54, 1.807) is 0 Å². The van der Waals surface area contributed by atoms with Gasteiger partial charge in [0.1, 0.15) is 0 Å². The van der Waals surface area contributed by atoms with E-state index in [1.807, 2.05) is 11.8 Å². The lowest BCUT2D eigenvalue weighted by molar-refractivity contribution is 0.0129. The minimum atomic E-state index is 0.450. The predicted octanol–water partition coefficient (Wildman–Crippen LogP) is 1.36. The third-order valence-electron chi connectivity index (χ3n) is 2.38. The van der Waals surface area contributed by atoms with E-state index in [0.29, 0.717) is 6.10 Å². The highest BCUT2D eigenvalue weighted by molar-refractivity contribution is 7.98. The summed E-state index contributed by atoms with van der Waals surface area (Å²) in [7, 11) is 0. The van der Waals surface area contributed by atoms with E-state index in [0.717, 1.165) is 31.4 Å². The van der Waals surface area contributed by atoms with Crippen LogP contribution in [0.25, 0.3) is 0 Å². The van der Waals surface area contributed by atoms with Gasteiger partial charge in [0, 0.05) is 12.3 Å². The lowest BCUT2D eigenvalue weighted by Crippen LogP contribution is -2.41. The second-order valence-electron chi connectivity index (χ2n) is 3.37. The van der Waals surface area contributed by atoms with Crippen molar-refractivity contribution in [2.24, 2.45) is 5.92 Å². The van der Waals surface area contributed by atoms with E-state index in [2.05, 4.69) is 18.5 Å². The van der Waals surface area contributed by atoms with Gasteiger partial charge in [-0.15, -0.1) is 0 Å². The summed E-state index contributed by atoms with van der Waals surface area (Å²) in [6.07, 6.45) is 3.82. The zero-order chi connectivity index (χ0) is 8.81. The normalized spacial score (nSPS) is 30.5. The van der Waals surface area contributed by atoms with Crippen LogP contribution in [0.1, 0.15) is 13.3 Å². The van der Waals surface area contributed by atoms with Crippen molar-refractivity contribution in [1.29, 1.82) is 0 Å². The number of rotatable bonds is 4. The Labute approximate surface area is 79.4 Å². The molecule has 1 fully saturated rings. The molecule has 2 nitrogen and oxygen atoms in total. The van der Waals surface area contributed by atoms with Crippen LogP contribution >= 0.6 is 11.8 Å². The number of thioether (sulfide) groups is 1. The van der Waals surface area contributed by atoms with Gasteiger partial charge in [-0.25, -0.2) is 0 Å². The summed E-state index contributed by atoms with van der Waals surface area (Å²) in [5.74, 6) is 1.84. The van der Waals surface area contributed by atoms with Gasteiger partial charge in [0.2, 0.25) is 0 Å². The van der Waals surface area contributed by atoms with Gasteiger partial charge in [-0.1, -0.05) is 6.92 Å². The van der Waals surface area contributed by atoms with Crippen LogP contribution in [0.4, 0.5) is 0 Å². The minimum Gasteiger partial charge on any atom is -0.376 e. The van der Waals surface area contributed by atoms with Crippen molar-refractivity contribution in [2.45, 2.75) is 19.4 Å². The van der Waals surface area contributed by atoms with Gasteiger partial charge in [0.05, 0.1) is 12.7 Å². The van der Waals surface area contributed by atoms with Crippen LogP contribution in [0.5, 0.6) is 0 Å². The standard InChI is InChI=1S/C9H19NOS/c1-8-3-4-10-7-9(8)11-5-6-12-2/h8-10H,3-7H2,1-2H3. The number of hydrogen-bond acceptors (Lipinski definition) is 3. The van der Waals surface area contributed by atoms with Crippen LogP contribution in [0.15, 0.2) is 0 Å². The van der Waals surface area contributed by atoms with Crippen molar-refractivity contribution in [3.63, 3.8) is 0 Å². The molecule has 0 radical (unpaired) electrons. The average molecular weight is 189 g/mol. The quantitative estimate of drug-likeness (QED) is 0.675. The lowest BCUT2D eigenvalue weighted by atomic mass is 9.97. The number of nitrogens with one attached hydrogen (secondary N) is 1. The molecule has 1 aliphatic rings. The fourth-order valence-corrected chi connectivity index (χ4v) is 1.73. The number of ether oxygens (including phenoxy) is 1. The summed E-state index contributed by atoms with van der Waals surface area (Å²) in [5.41, 5.74) is 0. The van der Waals surface area contributed by atoms with Crippen molar-refractivity contribution in [2.75, 3.05) is 31.7 Å². The molecule has 0 bridgehead atoms. The van der Waals surface area contributed by atoms with Crippen LogP contribution < -0.4 is 5.32 Å². The van der Waals surface area contributed by atoms with Gasteiger partial charge in [-0.05, 0) is 25.1 Å². The molecule has 1 saturated heterocycles. The van der Waals surface area contributed by atoms with Crippen molar-refractivity contribution >= 4 is 11.8 Å². The highest BCUT2D eigenvalue weighted by atomic mass is 32.2. The van der Waals surface area contributed by atoms with Crippen molar-refractivity contribution in [3.8, 4) is 0 Å². The molecule has 0 amide bonds. The summed E-state index contributed by atoms with van der Waals surface area (Å²) in [6, 6.07) is 0. The van der Waals surface area contributed by atoms with Gasteiger partial charge < -0.3 is 10.1 Å². The van der Waals surface area contributed by atoms with E-state index >= 15 is 0 Å². The summed E-state index contributed by atoms with van der Waals surface area (Å²) in [4.78, 5) is 0. The van der Waals surface area contributed by atoms with Crippen LogP contribution in [0.3, 0.4) is 0 Å². The lowest BCUT2D eigenvalue weighted by Gasteiger charge is -2.29. The van der Waals surface area contributed by atoms with Crippen LogP contribution in [0, 0.1) is 5.92 Å². The van der Waals surface area contributed by atoms with E-state index in [1.165, 1.54) is 6.42 Å². The van der Waals surface area contributed by atoms with Gasteiger partial charge in [-0.3, -0.25) is 0 Å². The van der Waals surface area contributed by atoms with Crippen LogP contribution in [-0.4, -0.2) is 37.8 Å². The highest BCUT2D eigenvalue weighted by Crippen LogP contribution is 2.14. The summed E-state index contributed by atoms with van der Waals surface area (Å²) in [5, 5.41) is 3.36. The molecule has 2 atom stereocenters. The SMILES string of the molecule is CSCCOC1CNCCC1C. The molecule has 0 aromatic rings. The molecule has 72 valence electrons. The Hall–Kier alpha value is 0.270. The summed E-state index contributed by atoms with van der Waals surface area (Å²) >= 11 is 1.85. The molecule has 12 heavy (non-hydrogen) atoms. The van der Waals surface area contributed by atoms with Gasteiger partial charge >= 0.3 is 0 Å². The Kier molecular flexibility index (Phi) is 5.04. The number of hydrogen-bond donors (Lipinski definition) is 1. The van der Waals surface area contributed by atoms with Crippen molar-refractivity contribution < 1.29 is 4.74 Å². The second-order valence-corrected chi connectivity index (χ2v) is 4.36. The smallest absolute Gasteiger partial charge is 0.0725 e. The first-order valence-electron chi connectivity index (χ1n) is 4.66. The maximum Gasteiger partial charge on any atom is 0.0725 e. The third-order valence-corrected chi connectivity index (χ3v) is 2.95. The highest BCUT2D eigenvalue weighted by Gasteiger charge is 2.20. The number of piperidine rings is 1. The van der Waals surface area contributed by atoms with E-state index in [4.69, 9.17) is 4.74 Å². The maximum atomic E-state index is 5.75. The molecule has 1 N–H and O–H groups in total. The molecule has 1 rings (SSSR count). The molecule has 1 heterocycles. The first-order valence-corrected chi connectivity index (χ1v) is 6.05. The van der Waals surface area contributed by atoms with Crippen molar-refractivity contribution in [1.82, 2.24) is 5.32 Å². The molecule has 0 saturated carbocycles. The molecule has 1 aliphatic heterocycles. The molecule has 0 aromatic heterocycles. The molecule has 3 heteroatoms. The first-order chi connectivity index (χ1) is 5.84. The Morgan fingerprint density at radius 1 is 1.58 bits per heavy atom. The molecular weight excluding hydrogens is 170 g/mol. The largest absolute Gasteiger partial charge is 0.376 e. The van der Waals surface area contributed by atoms with Crippen LogP contribution in [0.2, 0.25) is 0 Å². The Morgan fingerprint density at radius 2 is 2.42 bits per heavy atom. The second kappa shape index (κ2) is 5.84. The Bertz CT molecular complexity index is 121. The minimum absolute atomic E-state index is 0.450. The predicted molar refractivity (Wildman–Crippen MR) is 54.8 cm³/mol. The monoisotopic (exact) mass is 189 g/mol. The Morgan fingerprint density at radius 3 is 3.08 bits per heavy atom. The topological polar surface area (TPSA) is 21.3 Å². The molecule has 0 aliphatic carbocycles. The third kappa shape index (κ3) is 3.33. The van der Waals surface area contributed by atoms with Gasteiger partial charge in [0.25, 0.3) is 0 Å². The fourth-order valence-electron chi connectivity index (χ4n) is 1.47. The molecule has 2 unspecified atom stereocenters. The van der Waals surface area contributed by atoms with E-state index in [9.17, 15) is 0 Å². The summed E-state index contributed by atoms with van der Waals surface area (Å²) in [6.45, 7) is 5.38. The van der Waals surface area contributed by atoms with Gasteiger partial charge in [0.15, 0.2) is 0 Å². The van der Waals surface area contributed by atoms with Crippen molar-refractivity contribution in [3.05, 3.63) is 0 Å². The average Bonchev–Trinajstić information content (AvgIpc) is 2.09. The maximum absolute atomic E-state index is 5.75.